The maximum Gasteiger partial charge on any atom is 0.251 e. The molecule has 0 unspecified atom stereocenters. The number of rotatable bonds is 13. The monoisotopic (exact) mass is 712 g/mol. The van der Waals surface area contributed by atoms with E-state index in [-0.39, 0.29) is 36.9 Å². The van der Waals surface area contributed by atoms with Gasteiger partial charge in [-0.2, -0.15) is 5.06 Å². The molecule has 4 fully saturated rings. The van der Waals surface area contributed by atoms with Gasteiger partial charge in [-0.25, -0.2) is 0 Å². The van der Waals surface area contributed by atoms with E-state index in [0.717, 1.165) is 40.1 Å². The van der Waals surface area contributed by atoms with Crippen LogP contribution in [0.15, 0.2) is 60.7 Å². The van der Waals surface area contributed by atoms with E-state index in [9.17, 15) is 14.7 Å². The van der Waals surface area contributed by atoms with Crippen LogP contribution in [0.2, 0.25) is 0 Å². The van der Waals surface area contributed by atoms with Gasteiger partial charge in [-0.1, -0.05) is 51.1 Å². The van der Waals surface area contributed by atoms with Crippen LogP contribution in [-0.2, 0) is 22.6 Å². The molecule has 3 N–H and O–H groups in total. The van der Waals surface area contributed by atoms with Gasteiger partial charge in [-0.05, 0) is 90.8 Å². The number of hydrogen-bond donors (Lipinski definition) is 3. The molecule has 4 aliphatic rings. The van der Waals surface area contributed by atoms with Crippen molar-refractivity contribution in [3.05, 3.63) is 77.4 Å². The molecule has 1 aliphatic heterocycles. The summed E-state index contributed by atoms with van der Waals surface area (Å²) in [6, 6.07) is 19.0. The lowest BCUT2D eigenvalue weighted by atomic mass is 9.45. The molecule has 0 spiro atoms. The highest BCUT2D eigenvalue weighted by atomic mass is 16.7. The molecule has 3 aromatic rings. The molecular weight excluding hydrogens is 656 g/mol. The second-order valence-electron chi connectivity index (χ2n) is 15.8. The zero-order valence-corrected chi connectivity index (χ0v) is 31.9. The van der Waals surface area contributed by atoms with Crippen LogP contribution in [0.3, 0.4) is 0 Å². The predicted molar refractivity (Wildman–Crippen MR) is 203 cm³/mol. The van der Waals surface area contributed by atoms with Crippen molar-refractivity contribution < 1.29 is 29.0 Å². The molecule has 280 valence electrons. The number of nitrogens with one attached hydrogen (secondary N) is 2. The number of amides is 2. The number of aliphatic hydroxyl groups is 1. The normalized spacial score (nSPS) is 25.5. The van der Waals surface area contributed by atoms with Crippen LogP contribution in [-0.4, -0.2) is 81.6 Å². The summed E-state index contributed by atoms with van der Waals surface area (Å²) in [6.45, 7) is 9.72. The Bertz CT molecular complexity index is 1740. The number of methoxy groups -OCH3 is 2. The van der Waals surface area contributed by atoms with Gasteiger partial charge < -0.3 is 30.1 Å². The number of ether oxygens (including phenoxy) is 2. The average Bonchev–Trinajstić information content (AvgIpc) is 3.56. The zero-order valence-electron chi connectivity index (χ0n) is 31.9. The van der Waals surface area contributed by atoms with Crippen molar-refractivity contribution in [3.8, 4) is 22.6 Å². The summed E-state index contributed by atoms with van der Waals surface area (Å²) < 4.78 is 11.3. The topological polar surface area (TPSA) is 113 Å². The van der Waals surface area contributed by atoms with Crippen molar-refractivity contribution in [1.82, 2.24) is 15.7 Å². The van der Waals surface area contributed by atoms with Gasteiger partial charge in [0.25, 0.3) is 5.91 Å². The number of hydroxylamine groups is 2. The number of benzene rings is 3. The highest BCUT2D eigenvalue weighted by molar-refractivity contribution is 5.97. The number of aliphatic hydroxyl groups excluding tert-OH is 1. The molecule has 3 aliphatic carbocycles. The molecule has 1 heterocycles. The largest absolute Gasteiger partial charge is 0.497 e. The summed E-state index contributed by atoms with van der Waals surface area (Å²) >= 11 is 0. The molecule has 52 heavy (non-hydrogen) atoms. The smallest absolute Gasteiger partial charge is 0.251 e. The third-order valence-electron chi connectivity index (χ3n) is 12.2. The van der Waals surface area contributed by atoms with Crippen molar-refractivity contribution >= 4 is 17.5 Å². The van der Waals surface area contributed by atoms with Crippen molar-refractivity contribution in [2.45, 2.75) is 71.7 Å². The van der Waals surface area contributed by atoms with Crippen LogP contribution in [0.4, 0.5) is 5.69 Å². The lowest BCUT2D eigenvalue weighted by molar-refractivity contribution is -0.161. The Hall–Kier alpha value is -4.12. The van der Waals surface area contributed by atoms with Gasteiger partial charge in [0.05, 0.1) is 33.5 Å². The van der Waals surface area contributed by atoms with Crippen LogP contribution in [0.5, 0.6) is 11.5 Å². The van der Waals surface area contributed by atoms with E-state index in [0.29, 0.717) is 47.4 Å². The van der Waals surface area contributed by atoms with Gasteiger partial charge >= 0.3 is 0 Å². The Morgan fingerprint density at radius 2 is 1.81 bits per heavy atom. The maximum absolute atomic E-state index is 14.1. The number of carbonyl (C=O) groups is 2. The molecule has 2 amide bonds. The summed E-state index contributed by atoms with van der Waals surface area (Å²) in [5, 5.41) is 18.9. The number of carbonyl (C=O) groups excluding carboxylic acids is 2. The van der Waals surface area contributed by atoms with Crippen molar-refractivity contribution in [2.75, 3.05) is 46.4 Å². The Morgan fingerprint density at radius 1 is 1.06 bits per heavy atom. The van der Waals surface area contributed by atoms with Crippen molar-refractivity contribution in [1.29, 1.82) is 0 Å². The van der Waals surface area contributed by atoms with Crippen molar-refractivity contribution in [2.24, 2.45) is 29.1 Å². The Balaban J connectivity index is 1.21. The van der Waals surface area contributed by atoms with Crippen LogP contribution >= 0.6 is 0 Å². The highest BCUT2D eigenvalue weighted by Gasteiger charge is 2.57. The van der Waals surface area contributed by atoms with Crippen LogP contribution < -0.4 is 25.0 Å². The fourth-order valence-corrected chi connectivity index (χ4v) is 8.76. The van der Waals surface area contributed by atoms with Crippen LogP contribution in [0.1, 0.15) is 62.0 Å². The number of fused-ring (bicyclic) bond motifs is 2. The Morgan fingerprint density at radius 3 is 2.44 bits per heavy atom. The van der Waals surface area contributed by atoms with Crippen LogP contribution in [0.25, 0.3) is 11.1 Å². The molecule has 10 nitrogen and oxygen atoms in total. The van der Waals surface area contributed by atoms with E-state index >= 15 is 0 Å². The zero-order chi connectivity index (χ0) is 37.3. The molecule has 10 heteroatoms. The summed E-state index contributed by atoms with van der Waals surface area (Å²) in [5.74, 6) is 2.40. The molecule has 2 bridgehead atoms. The molecule has 3 aromatic carbocycles. The first-order valence-corrected chi connectivity index (χ1v) is 18.6. The number of para-hydroxylation sites is 1. The van der Waals surface area contributed by atoms with Gasteiger partial charge in [0.1, 0.15) is 17.5 Å². The molecule has 7 rings (SSSR count). The lowest BCUT2D eigenvalue weighted by Crippen LogP contribution is -2.62. The highest BCUT2D eigenvalue weighted by Crippen LogP contribution is 2.61. The van der Waals surface area contributed by atoms with Gasteiger partial charge in [0.15, 0.2) is 0 Å². The van der Waals surface area contributed by atoms with Gasteiger partial charge in [-0.3, -0.25) is 14.4 Å². The summed E-state index contributed by atoms with van der Waals surface area (Å²) in [5.41, 5.74) is 5.33. The Kier molecular flexibility index (Phi) is 11.2. The third kappa shape index (κ3) is 7.52. The quantitative estimate of drug-likeness (QED) is 0.207. The third-order valence-corrected chi connectivity index (χ3v) is 12.2. The summed E-state index contributed by atoms with van der Waals surface area (Å²) in [7, 11) is 7.18. The molecule has 1 saturated heterocycles. The molecule has 7 atom stereocenters. The fourth-order valence-electron chi connectivity index (χ4n) is 8.76. The second-order valence-corrected chi connectivity index (χ2v) is 15.8. The standard InChI is InChI=1S/C42H56N4O6/c1-25-36-21-31(42(36,3)4)22-37(25)44-41(49)38-35(26(2)47)24-52-46(38)23-28-10-9-11-34(39(28)51-8)29-18-30(20-32(19-29)45(5)6)40(48)43-17-16-27-12-14-33(50-7)15-13-27/h9-15,18-20,25-26,31,35-38,47H,16-17,21-24H2,1-8H3,(H,43,48)(H,44,49)/t25-,26-,31+,35-,36-,37-,38-/m0/s1. The van der Waals surface area contributed by atoms with Crippen LogP contribution in [0, 0.1) is 29.1 Å². The second kappa shape index (κ2) is 15.5. The van der Waals surface area contributed by atoms with Gasteiger partial charge in [0, 0.05) is 55.0 Å². The first kappa shape index (κ1) is 37.6. The SMILES string of the molecule is COc1ccc(CCNC(=O)c2cc(-c3cccc(CN4OC[C@@H]([C@H](C)O)[C@H]4C(=O)N[C@H]4C[C@H]5C[C@@H]([C@@H]4C)C5(C)C)c3OC)cc(N(C)C)c2)cc1. The number of anilines is 1. The fraction of sp³-hybridized carbons (Fsp3) is 0.524. The molecule has 0 aromatic heterocycles. The molecule has 0 radical (unpaired) electrons. The number of nitrogens with zero attached hydrogens (tertiary/aromatic N) is 2. The maximum atomic E-state index is 14.1. The molecule has 3 saturated carbocycles. The van der Waals surface area contributed by atoms with E-state index in [1.54, 1.807) is 26.2 Å². The summed E-state index contributed by atoms with van der Waals surface area (Å²) in [4.78, 5) is 35.7. The average molecular weight is 713 g/mol. The van der Waals surface area contributed by atoms with Gasteiger partial charge in [0.2, 0.25) is 5.91 Å². The van der Waals surface area contributed by atoms with Gasteiger partial charge in [-0.15, -0.1) is 0 Å². The predicted octanol–water partition coefficient (Wildman–Crippen LogP) is 5.71. The minimum atomic E-state index is -0.723. The Labute approximate surface area is 308 Å². The van der Waals surface area contributed by atoms with E-state index in [4.69, 9.17) is 14.3 Å². The van der Waals surface area contributed by atoms with E-state index in [1.165, 1.54) is 6.42 Å². The number of hydrogen-bond acceptors (Lipinski definition) is 8. The van der Waals surface area contributed by atoms with E-state index in [2.05, 4.69) is 31.4 Å². The first-order valence-electron chi connectivity index (χ1n) is 18.6. The minimum absolute atomic E-state index is 0.101. The van der Waals surface area contributed by atoms with E-state index in [1.807, 2.05) is 79.7 Å². The van der Waals surface area contributed by atoms with Crippen molar-refractivity contribution in [3.63, 3.8) is 0 Å². The lowest BCUT2D eigenvalue weighted by Gasteiger charge is -2.62. The minimum Gasteiger partial charge on any atom is -0.497 e. The van der Waals surface area contributed by atoms with E-state index < -0.39 is 12.1 Å². The first-order chi connectivity index (χ1) is 24.8. The summed E-state index contributed by atoms with van der Waals surface area (Å²) in [6.07, 6.45) is 2.19. The molecular formula is C42H56N4O6.